The zero-order valence-corrected chi connectivity index (χ0v) is 11.8. The van der Waals surface area contributed by atoms with E-state index in [0.29, 0.717) is 11.6 Å². The van der Waals surface area contributed by atoms with Gasteiger partial charge in [-0.1, -0.05) is 6.07 Å². The Morgan fingerprint density at radius 1 is 1.47 bits per heavy atom. The molecular formula is C15H24N2O2. The molecule has 0 spiro atoms. The van der Waals surface area contributed by atoms with Crippen molar-refractivity contribution < 1.29 is 9.47 Å². The second kappa shape index (κ2) is 6.66. The van der Waals surface area contributed by atoms with Gasteiger partial charge in [-0.15, -0.1) is 0 Å². The largest absolute Gasteiger partial charge is 0.489 e. The van der Waals surface area contributed by atoms with Gasteiger partial charge in [-0.25, -0.2) is 0 Å². The van der Waals surface area contributed by atoms with Crippen molar-refractivity contribution in [3.63, 3.8) is 0 Å². The first kappa shape index (κ1) is 14.0. The normalized spacial score (nSPS) is 18.8. The molecule has 4 heteroatoms. The zero-order valence-electron chi connectivity index (χ0n) is 11.8. The van der Waals surface area contributed by atoms with Gasteiger partial charge in [-0.3, -0.25) is 0 Å². The molecule has 0 aromatic heterocycles. The van der Waals surface area contributed by atoms with E-state index >= 15 is 0 Å². The second-order valence-corrected chi connectivity index (χ2v) is 5.33. The lowest BCUT2D eigenvalue weighted by molar-refractivity contribution is 0.185. The molecule has 1 aliphatic rings. The number of anilines is 2. The SMILES string of the molecule is CC(C)Oc1cccc(NCCC2CCOC2)c1N. The maximum absolute atomic E-state index is 6.11. The van der Waals surface area contributed by atoms with Crippen LogP contribution in [0, 0.1) is 5.92 Å². The van der Waals surface area contributed by atoms with Crippen molar-refractivity contribution in [3.05, 3.63) is 18.2 Å². The standard InChI is InChI=1S/C15H24N2O2/c1-11(2)19-14-5-3-4-13(15(14)16)17-8-6-12-7-9-18-10-12/h3-5,11-12,17H,6-10,16H2,1-2H3. The molecule has 1 saturated heterocycles. The monoisotopic (exact) mass is 264 g/mol. The Morgan fingerprint density at radius 3 is 3.00 bits per heavy atom. The van der Waals surface area contributed by atoms with E-state index in [1.165, 1.54) is 6.42 Å². The summed E-state index contributed by atoms with van der Waals surface area (Å²) in [5, 5.41) is 3.39. The first-order valence-corrected chi connectivity index (χ1v) is 7.03. The van der Waals surface area contributed by atoms with Gasteiger partial charge in [0.05, 0.1) is 17.5 Å². The number of nitrogens with one attached hydrogen (secondary N) is 1. The molecule has 1 aliphatic heterocycles. The van der Waals surface area contributed by atoms with Gasteiger partial charge in [0.25, 0.3) is 0 Å². The van der Waals surface area contributed by atoms with Gasteiger partial charge in [0, 0.05) is 19.8 Å². The van der Waals surface area contributed by atoms with Crippen LogP contribution >= 0.6 is 0 Å². The fraction of sp³-hybridized carbons (Fsp3) is 0.600. The number of nitrogen functional groups attached to an aromatic ring is 1. The lowest BCUT2D eigenvalue weighted by Gasteiger charge is -2.16. The van der Waals surface area contributed by atoms with Crippen LogP contribution in [0.2, 0.25) is 0 Å². The summed E-state index contributed by atoms with van der Waals surface area (Å²) in [5.41, 5.74) is 7.76. The Bertz CT molecular complexity index is 401. The van der Waals surface area contributed by atoms with E-state index in [0.717, 1.165) is 37.6 Å². The molecule has 19 heavy (non-hydrogen) atoms. The molecule has 0 amide bonds. The fourth-order valence-corrected chi connectivity index (χ4v) is 2.28. The smallest absolute Gasteiger partial charge is 0.144 e. The average Bonchev–Trinajstić information content (AvgIpc) is 2.86. The molecule has 0 radical (unpaired) electrons. The van der Waals surface area contributed by atoms with Crippen LogP contribution in [0.15, 0.2) is 18.2 Å². The van der Waals surface area contributed by atoms with Crippen molar-refractivity contribution in [1.82, 2.24) is 0 Å². The van der Waals surface area contributed by atoms with Gasteiger partial charge in [0.15, 0.2) is 0 Å². The average molecular weight is 264 g/mol. The quantitative estimate of drug-likeness (QED) is 0.776. The summed E-state index contributed by atoms with van der Waals surface area (Å²) in [6.45, 7) is 6.72. The van der Waals surface area contributed by atoms with Crippen LogP contribution in [-0.4, -0.2) is 25.9 Å². The van der Waals surface area contributed by atoms with Gasteiger partial charge in [-0.05, 0) is 44.7 Å². The fourth-order valence-electron chi connectivity index (χ4n) is 2.28. The summed E-state index contributed by atoms with van der Waals surface area (Å²) in [6.07, 6.45) is 2.43. The molecular weight excluding hydrogens is 240 g/mol. The van der Waals surface area contributed by atoms with Gasteiger partial charge >= 0.3 is 0 Å². The number of rotatable bonds is 6. The van der Waals surface area contributed by atoms with Crippen molar-refractivity contribution in [3.8, 4) is 5.75 Å². The number of para-hydroxylation sites is 1. The molecule has 3 N–H and O–H groups in total. The molecule has 1 aromatic rings. The van der Waals surface area contributed by atoms with Crippen LogP contribution in [0.4, 0.5) is 11.4 Å². The Morgan fingerprint density at radius 2 is 2.32 bits per heavy atom. The Balaban J connectivity index is 1.88. The van der Waals surface area contributed by atoms with E-state index in [4.69, 9.17) is 15.2 Å². The summed E-state index contributed by atoms with van der Waals surface area (Å²) >= 11 is 0. The third kappa shape index (κ3) is 4.03. The van der Waals surface area contributed by atoms with Crippen LogP contribution in [-0.2, 0) is 4.74 Å². The van der Waals surface area contributed by atoms with E-state index < -0.39 is 0 Å². The first-order chi connectivity index (χ1) is 9.16. The van der Waals surface area contributed by atoms with Crippen molar-refractivity contribution >= 4 is 11.4 Å². The molecule has 1 unspecified atom stereocenters. The van der Waals surface area contributed by atoms with Crippen LogP contribution in [0.25, 0.3) is 0 Å². The van der Waals surface area contributed by atoms with Crippen molar-refractivity contribution in [2.24, 2.45) is 5.92 Å². The summed E-state index contributed by atoms with van der Waals surface area (Å²) in [6, 6.07) is 5.87. The van der Waals surface area contributed by atoms with E-state index in [1.54, 1.807) is 0 Å². The molecule has 1 aromatic carbocycles. The Hall–Kier alpha value is -1.42. The van der Waals surface area contributed by atoms with E-state index in [1.807, 2.05) is 32.0 Å². The van der Waals surface area contributed by atoms with Gasteiger partial charge in [0.1, 0.15) is 5.75 Å². The minimum atomic E-state index is 0.133. The van der Waals surface area contributed by atoms with E-state index in [2.05, 4.69) is 5.32 Å². The molecule has 0 saturated carbocycles. The highest BCUT2D eigenvalue weighted by Gasteiger charge is 2.15. The molecule has 1 heterocycles. The second-order valence-electron chi connectivity index (χ2n) is 5.33. The Kier molecular flexibility index (Phi) is 4.91. The van der Waals surface area contributed by atoms with Crippen LogP contribution in [0.5, 0.6) is 5.75 Å². The van der Waals surface area contributed by atoms with Crippen LogP contribution < -0.4 is 15.8 Å². The summed E-state index contributed by atoms with van der Waals surface area (Å²) in [4.78, 5) is 0. The third-order valence-corrected chi connectivity index (χ3v) is 3.32. The number of nitrogens with two attached hydrogens (primary N) is 1. The van der Waals surface area contributed by atoms with Crippen LogP contribution in [0.1, 0.15) is 26.7 Å². The molecule has 2 rings (SSSR count). The zero-order chi connectivity index (χ0) is 13.7. The highest BCUT2D eigenvalue weighted by Crippen LogP contribution is 2.30. The van der Waals surface area contributed by atoms with Crippen molar-refractivity contribution in [2.75, 3.05) is 30.8 Å². The lowest BCUT2D eigenvalue weighted by atomic mass is 10.1. The maximum Gasteiger partial charge on any atom is 0.144 e. The Labute approximate surface area is 115 Å². The third-order valence-electron chi connectivity index (χ3n) is 3.32. The van der Waals surface area contributed by atoms with Gasteiger partial charge in [0.2, 0.25) is 0 Å². The minimum absolute atomic E-state index is 0.133. The van der Waals surface area contributed by atoms with Gasteiger partial charge < -0.3 is 20.5 Å². The topological polar surface area (TPSA) is 56.5 Å². The highest BCUT2D eigenvalue weighted by atomic mass is 16.5. The molecule has 4 nitrogen and oxygen atoms in total. The lowest BCUT2D eigenvalue weighted by Crippen LogP contribution is -2.12. The van der Waals surface area contributed by atoms with Crippen molar-refractivity contribution in [2.45, 2.75) is 32.8 Å². The predicted octanol–water partition coefficient (Wildman–Crippen LogP) is 2.89. The molecule has 1 atom stereocenters. The molecule has 1 fully saturated rings. The van der Waals surface area contributed by atoms with Crippen molar-refractivity contribution in [1.29, 1.82) is 0 Å². The summed E-state index contributed by atoms with van der Waals surface area (Å²) in [7, 11) is 0. The van der Waals surface area contributed by atoms with Crippen LogP contribution in [0.3, 0.4) is 0 Å². The first-order valence-electron chi connectivity index (χ1n) is 7.03. The number of benzene rings is 1. The molecule has 106 valence electrons. The summed E-state index contributed by atoms with van der Waals surface area (Å²) < 4.78 is 11.1. The maximum atomic E-state index is 6.11. The van der Waals surface area contributed by atoms with E-state index in [9.17, 15) is 0 Å². The number of hydrogen-bond acceptors (Lipinski definition) is 4. The molecule has 0 bridgehead atoms. The molecule has 0 aliphatic carbocycles. The number of ether oxygens (including phenoxy) is 2. The summed E-state index contributed by atoms with van der Waals surface area (Å²) in [5.74, 6) is 1.44. The van der Waals surface area contributed by atoms with E-state index in [-0.39, 0.29) is 6.10 Å². The highest BCUT2D eigenvalue weighted by molar-refractivity contribution is 5.72. The minimum Gasteiger partial charge on any atom is -0.489 e. The van der Waals surface area contributed by atoms with Gasteiger partial charge in [-0.2, -0.15) is 0 Å². The predicted molar refractivity (Wildman–Crippen MR) is 78.7 cm³/mol. The number of hydrogen-bond donors (Lipinski definition) is 2.